The first kappa shape index (κ1) is 15.9. The van der Waals surface area contributed by atoms with Crippen molar-refractivity contribution in [3.05, 3.63) is 70.5 Å². The van der Waals surface area contributed by atoms with Crippen LogP contribution in [0.2, 0.25) is 0 Å². The number of carbonyl (C=O) groups excluding carboxylic acids is 1. The van der Waals surface area contributed by atoms with E-state index in [0.29, 0.717) is 11.4 Å². The van der Waals surface area contributed by atoms with Crippen LogP contribution in [0.5, 0.6) is 5.75 Å². The largest absolute Gasteiger partial charge is 0.422 e. The second-order valence-electron chi connectivity index (χ2n) is 5.99. The second-order valence-corrected chi connectivity index (χ2v) is 5.99. The fourth-order valence-electron chi connectivity index (χ4n) is 2.67. The van der Waals surface area contributed by atoms with Crippen molar-refractivity contribution in [2.75, 3.05) is 0 Å². The Morgan fingerprint density at radius 3 is 2.33 bits per heavy atom. The maximum Gasteiger partial charge on any atom is 0.366 e. The molecule has 1 aromatic heterocycles. The number of carbonyl (C=O) groups is 1. The van der Waals surface area contributed by atoms with E-state index in [1.54, 1.807) is 10.7 Å². The van der Waals surface area contributed by atoms with Crippen molar-refractivity contribution in [1.29, 1.82) is 0 Å². The Bertz CT molecular complexity index is 892. The van der Waals surface area contributed by atoms with Gasteiger partial charge in [-0.3, -0.25) is 0 Å². The first-order chi connectivity index (χ1) is 11.4. The quantitative estimate of drug-likeness (QED) is 0.545. The van der Waals surface area contributed by atoms with Gasteiger partial charge in [0.25, 0.3) is 0 Å². The molecule has 1 heterocycles. The normalized spacial score (nSPS) is 10.7. The standard InChI is InChI=1S/C19H19N3O2/c1-12-6-5-7-17(11-12)24-19(23)18-15(4)22(21-20-18)16-9-13(2)8-14(3)10-16/h5-11H,1-4H3. The molecule has 122 valence electrons. The van der Waals surface area contributed by atoms with Crippen LogP contribution in [0.15, 0.2) is 42.5 Å². The zero-order valence-corrected chi connectivity index (χ0v) is 14.2. The Balaban J connectivity index is 1.90. The van der Waals surface area contributed by atoms with Crippen LogP contribution in [0, 0.1) is 27.7 Å². The molecule has 24 heavy (non-hydrogen) atoms. The molecular weight excluding hydrogens is 302 g/mol. The number of aromatic nitrogens is 3. The van der Waals surface area contributed by atoms with Crippen LogP contribution in [-0.2, 0) is 0 Å². The smallest absolute Gasteiger partial charge is 0.366 e. The van der Waals surface area contributed by atoms with E-state index in [2.05, 4.69) is 16.4 Å². The molecule has 5 heteroatoms. The first-order valence-corrected chi connectivity index (χ1v) is 7.74. The number of nitrogens with zero attached hydrogens (tertiary/aromatic N) is 3. The van der Waals surface area contributed by atoms with Crippen LogP contribution in [0.25, 0.3) is 5.69 Å². The molecule has 3 aromatic rings. The molecule has 0 saturated carbocycles. The lowest BCUT2D eigenvalue weighted by Gasteiger charge is -2.07. The molecule has 0 fully saturated rings. The third-order valence-corrected chi connectivity index (χ3v) is 3.74. The molecule has 0 amide bonds. The van der Waals surface area contributed by atoms with Crippen molar-refractivity contribution in [1.82, 2.24) is 15.0 Å². The third kappa shape index (κ3) is 3.20. The van der Waals surface area contributed by atoms with Gasteiger partial charge in [0.05, 0.1) is 11.4 Å². The Kier molecular flexibility index (Phi) is 4.16. The van der Waals surface area contributed by atoms with E-state index < -0.39 is 5.97 Å². The highest BCUT2D eigenvalue weighted by Gasteiger charge is 2.19. The fourth-order valence-corrected chi connectivity index (χ4v) is 2.67. The van der Waals surface area contributed by atoms with Gasteiger partial charge in [-0.1, -0.05) is 23.4 Å². The average Bonchev–Trinajstić information content (AvgIpc) is 2.88. The van der Waals surface area contributed by atoms with E-state index in [0.717, 1.165) is 22.4 Å². The maximum atomic E-state index is 12.4. The van der Waals surface area contributed by atoms with Crippen molar-refractivity contribution < 1.29 is 9.53 Å². The molecule has 3 rings (SSSR count). The molecule has 0 unspecified atom stereocenters. The van der Waals surface area contributed by atoms with E-state index in [1.165, 1.54) is 0 Å². The highest BCUT2D eigenvalue weighted by Crippen LogP contribution is 2.18. The molecule has 5 nitrogen and oxygen atoms in total. The molecule has 0 radical (unpaired) electrons. The predicted octanol–water partition coefficient (Wildman–Crippen LogP) is 3.72. The lowest BCUT2D eigenvalue weighted by molar-refractivity contribution is 0.0727. The summed E-state index contributed by atoms with van der Waals surface area (Å²) >= 11 is 0. The average molecular weight is 321 g/mol. The number of benzene rings is 2. The van der Waals surface area contributed by atoms with Gasteiger partial charge in [0.2, 0.25) is 0 Å². The van der Waals surface area contributed by atoms with Gasteiger partial charge in [-0.25, -0.2) is 9.48 Å². The van der Waals surface area contributed by atoms with Gasteiger partial charge in [0, 0.05) is 0 Å². The number of rotatable bonds is 3. The summed E-state index contributed by atoms with van der Waals surface area (Å²) in [4.78, 5) is 12.4. The van der Waals surface area contributed by atoms with Gasteiger partial charge >= 0.3 is 5.97 Å². The number of ether oxygens (including phenoxy) is 1. The molecule has 0 saturated heterocycles. The van der Waals surface area contributed by atoms with Crippen molar-refractivity contribution in [3.63, 3.8) is 0 Å². The monoisotopic (exact) mass is 321 g/mol. The minimum atomic E-state index is -0.506. The Morgan fingerprint density at radius 2 is 1.67 bits per heavy atom. The minimum absolute atomic E-state index is 0.218. The highest BCUT2D eigenvalue weighted by atomic mass is 16.5. The van der Waals surface area contributed by atoms with E-state index in [-0.39, 0.29) is 5.69 Å². The number of aryl methyl sites for hydroxylation is 3. The van der Waals surface area contributed by atoms with Gasteiger partial charge < -0.3 is 4.74 Å². The van der Waals surface area contributed by atoms with E-state index >= 15 is 0 Å². The number of hydrogen-bond acceptors (Lipinski definition) is 4. The van der Waals surface area contributed by atoms with Crippen molar-refractivity contribution in [3.8, 4) is 11.4 Å². The van der Waals surface area contributed by atoms with E-state index in [9.17, 15) is 4.79 Å². The van der Waals surface area contributed by atoms with Crippen LogP contribution in [-0.4, -0.2) is 21.0 Å². The Labute approximate surface area is 140 Å². The van der Waals surface area contributed by atoms with Crippen LogP contribution in [0.4, 0.5) is 0 Å². The summed E-state index contributed by atoms with van der Waals surface area (Å²) in [6.45, 7) is 7.80. The van der Waals surface area contributed by atoms with Gasteiger partial charge in [-0.05, 0) is 68.7 Å². The van der Waals surface area contributed by atoms with Gasteiger partial charge in [-0.15, -0.1) is 5.10 Å². The van der Waals surface area contributed by atoms with Crippen LogP contribution in [0.3, 0.4) is 0 Å². The lowest BCUT2D eigenvalue weighted by atomic mass is 10.1. The summed E-state index contributed by atoms with van der Waals surface area (Å²) in [6, 6.07) is 13.4. The summed E-state index contributed by atoms with van der Waals surface area (Å²) in [5.74, 6) is -0.00549. The summed E-state index contributed by atoms with van der Waals surface area (Å²) in [6.07, 6.45) is 0. The van der Waals surface area contributed by atoms with Gasteiger partial charge in [0.15, 0.2) is 5.69 Å². The van der Waals surface area contributed by atoms with Crippen LogP contribution < -0.4 is 4.74 Å². The molecule has 0 aliphatic carbocycles. The Hall–Kier alpha value is -2.95. The number of hydrogen-bond donors (Lipinski definition) is 0. The summed E-state index contributed by atoms with van der Waals surface area (Å²) in [5.41, 5.74) is 5.03. The Morgan fingerprint density at radius 1 is 0.958 bits per heavy atom. The van der Waals surface area contributed by atoms with Gasteiger partial charge in [0.1, 0.15) is 5.75 Å². The van der Waals surface area contributed by atoms with E-state index in [4.69, 9.17) is 4.74 Å². The van der Waals surface area contributed by atoms with Crippen molar-refractivity contribution in [2.24, 2.45) is 0 Å². The molecule has 0 spiro atoms. The van der Waals surface area contributed by atoms with Crippen molar-refractivity contribution >= 4 is 5.97 Å². The SMILES string of the molecule is Cc1cccc(OC(=O)c2nnn(-c3cc(C)cc(C)c3)c2C)c1. The molecular formula is C19H19N3O2. The van der Waals surface area contributed by atoms with Crippen LogP contribution >= 0.6 is 0 Å². The lowest BCUT2D eigenvalue weighted by Crippen LogP contribution is -2.11. The minimum Gasteiger partial charge on any atom is -0.422 e. The molecule has 0 aliphatic heterocycles. The summed E-state index contributed by atoms with van der Waals surface area (Å²) in [7, 11) is 0. The fraction of sp³-hybridized carbons (Fsp3) is 0.211. The summed E-state index contributed by atoms with van der Waals surface area (Å²) in [5, 5.41) is 8.12. The molecule has 0 atom stereocenters. The predicted molar refractivity (Wildman–Crippen MR) is 91.7 cm³/mol. The maximum absolute atomic E-state index is 12.4. The molecule has 0 N–H and O–H groups in total. The van der Waals surface area contributed by atoms with Gasteiger partial charge in [-0.2, -0.15) is 0 Å². The topological polar surface area (TPSA) is 57.0 Å². The zero-order valence-electron chi connectivity index (χ0n) is 14.2. The summed E-state index contributed by atoms with van der Waals surface area (Å²) < 4.78 is 7.06. The number of esters is 1. The second kappa shape index (κ2) is 6.28. The highest BCUT2D eigenvalue weighted by molar-refractivity contribution is 5.90. The van der Waals surface area contributed by atoms with Crippen molar-refractivity contribution in [2.45, 2.75) is 27.7 Å². The molecule has 0 bridgehead atoms. The molecule has 2 aromatic carbocycles. The third-order valence-electron chi connectivity index (χ3n) is 3.74. The molecule has 0 aliphatic rings. The van der Waals surface area contributed by atoms with E-state index in [1.807, 2.05) is 58.0 Å². The van der Waals surface area contributed by atoms with Crippen LogP contribution in [0.1, 0.15) is 32.9 Å². The zero-order chi connectivity index (χ0) is 17.3. The first-order valence-electron chi connectivity index (χ1n) is 7.74.